The Morgan fingerprint density at radius 1 is 0.278 bits per heavy atom. The molecule has 1 aromatic heterocycles. The number of anilines is 3. The average Bonchev–Trinajstić information content (AvgIpc) is 3.63. The molecule has 0 N–H and O–H groups in total. The fraction of sp³-hybridized carbons (Fsp3) is 0. The lowest BCUT2D eigenvalue weighted by molar-refractivity contribution is 0.673. The lowest BCUT2D eigenvalue weighted by Gasteiger charge is -2.26. The van der Waals surface area contributed by atoms with Crippen LogP contribution in [0.3, 0.4) is 0 Å². The number of hydrogen-bond donors (Lipinski definition) is 0. The second kappa shape index (κ2) is 13.4. The highest BCUT2D eigenvalue weighted by Gasteiger charge is 2.17. The lowest BCUT2D eigenvalue weighted by Crippen LogP contribution is -2.09. The molecule has 0 spiro atoms. The first-order valence-corrected chi connectivity index (χ1v) is 18.4. The maximum Gasteiger partial charge on any atom is 0.143 e. The Kier molecular flexibility index (Phi) is 7.85. The Hall–Kier alpha value is -7.16. The van der Waals surface area contributed by atoms with Gasteiger partial charge in [-0.1, -0.05) is 158 Å². The second-order valence-corrected chi connectivity index (χ2v) is 13.7. The highest BCUT2D eigenvalue weighted by atomic mass is 16.3. The van der Waals surface area contributed by atoms with Crippen molar-refractivity contribution in [3.8, 4) is 44.5 Å². The minimum atomic E-state index is 0.893. The zero-order valence-corrected chi connectivity index (χ0v) is 29.6. The van der Waals surface area contributed by atoms with Crippen LogP contribution in [0.4, 0.5) is 17.1 Å². The van der Waals surface area contributed by atoms with Gasteiger partial charge in [0.25, 0.3) is 0 Å². The van der Waals surface area contributed by atoms with Crippen LogP contribution in [0.15, 0.2) is 217 Å². The van der Waals surface area contributed by atoms with Gasteiger partial charge in [0.1, 0.15) is 11.2 Å². The summed E-state index contributed by atoms with van der Waals surface area (Å²) in [6.45, 7) is 0. The van der Waals surface area contributed by atoms with Crippen molar-refractivity contribution in [3.63, 3.8) is 0 Å². The summed E-state index contributed by atoms with van der Waals surface area (Å²) in [5, 5.41) is 4.57. The molecule has 9 aromatic carbocycles. The van der Waals surface area contributed by atoms with E-state index in [2.05, 4.69) is 217 Å². The van der Waals surface area contributed by atoms with E-state index in [1.165, 1.54) is 38.8 Å². The van der Waals surface area contributed by atoms with Gasteiger partial charge in [0.2, 0.25) is 0 Å². The van der Waals surface area contributed by atoms with Crippen LogP contribution < -0.4 is 4.90 Å². The molecule has 0 radical (unpaired) electrons. The van der Waals surface area contributed by atoms with Crippen molar-refractivity contribution in [2.75, 3.05) is 4.90 Å². The van der Waals surface area contributed by atoms with Crippen LogP contribution >= 0.6 is 0 Å². The monoisotopic (exact) mass is 689 g/mol. The lowest BCUT2D eigenvalue weighted by atomic mass is 9.95. The summed E-state index contributed by atoms with van der Waals surface area (Å²) in [5.74, 6) is 0. The van der Waals surface area contributed by atoms with E-state index >= 15 is 0 Å². The molecule has 0 unspecified atom stereocenters. The Morgan fingerprint density at radius 2 is 0.685 bits per heavy atom. The highest BCUT2D eigenvalue weighted by Crippen LogP contribution is 2.42. The summed E-state index contributed by atoms with van der Waals surface area (Å²) >= 11 is 0. The van der Waals surface area contributed by atoms with E-state index < -0.39 is 0 Å². The number of furan rings is 1. The smallest absolute Gasteiger partial charge is 0.143 e. The molecule has 0 aliphatic heterocycles. The molecular formula is C52H35NO. The van der Waals surface area contributed by atoms with Gasteiger partial charge in [-0.05, 0) is 104 Å². The minimum Gasteiger partial charge on any atom is -0.455 e. The van der Waals surface area contributed by atoms with Gasteiger partial charge in [0.15, 0.2) is 0 Å². The van der Waals surface area contributed by atoms with E-state index in [9.17, 15) is 0 Å². The van der Waals surface area contributed by atoms with Gasteiger partial charge < -0.3 is 9.32 Å². The summed E-state index contributed by atoms with van der Waals surface area (Å²) in [6, 6.07) is 75.7. The average molecular weight is 690 g/mol. The van der Waals surface area contributed by atoms with Crippen LogP contribution in [0.1, 0.15) is 0 Å². The van der Waals surface area contributed by atoms with E-state index in [1.54, 1.807) is 0 Å². The minimum absolute atomic E-state index is 0.893. The molecule has 0 aliphatic rings. The second-order valence-electron chi connectivity index (χ2n) is 13.7. The van der Waals surface area contributed by atoms with Gasteiger partial charge in [-0.3, -0.25) is 0 Å². The zero-order chi connectivity index (χ0) is 35.8. The van der Waals surface area contributed by atoms with Crippen LogP contribution in [0.25, 0.3) is 77.2 Å². The Morgan fingerprint density at radius 3 is 1.20 bits per heavy atom. The predicted molar refractivity (Wildman–Crippen MR) is 228 cm³/mol. The third-order valence-corrected chi connectivity index (χ3v) is 10.5. The third-order valence-electron chi connectivity index (χ3n) is 10.5. The molecule has 0 bridgehead atoms. The molecule has 10 aromatic rings. The molecule has 2 nitrogen and oxygen atoms in total. The molecule has 254 valence electrons. The van der Waals surface area contributed by atoms with Crippen molar-refractivity contribution in [2.24, 2.45) is 0 Å². The molecule has 0 amide bonds. The normalized spacial score (nSPS) is 11.3. The first-order chi connectivity index (χ1) is 26.8. The highest BCUT2D eigenvalue weighted by molar-refractivity contribution is 6.19. The Bertz CT molecular complexity index is 2790. The van der Waals surface area contributed by atoms with Crippen molar-refractivity contribution < 1.29 is 4.42 Å². The molecular weight excluding hydrogens is 655 g/mol. The van der Waals surface area contributed by atoms with Crippen molar-refractivity contribution in [1.82, 2.24) is 0 Å². The van der Waals surface area contributed by atoms with Crippen LogP contribution in [0.5, 0.6) is 0 Å². The van der Waals surface area contributed by atoms with Crippen LogP contribution in [-0.4, -0.2) is 0 Å². The molecule has 2 heteroatoms. The fourth-order valence-corrected chi connectivity index (χ4v) is 7.75. The summed E-state index contributed by atoms with van der Waals surface area (Å²) in [6.07, 6.45) is 0. The molecule has 0 saturated heterocycles. The molecule has 0 saturated carbocycles. The Labute approximate surface area is 314 Å². The van der Waals surface area contributed by atoms with Crippen LogP contribution in [0.2, 0.25) is 0 Å². The zero-order valence-electron chi connectivity index (χ0n) is 29.6. The number of hydrogen-bond acceptors (Lipinski definition) is 2. The quantitative estimate of drug-likeness (QED) is 0.166. The predicted octanol–water partition coefficient (Wildman–Crippen LogP) is 14.9. The van der Waals surface area contributed by atoms with Gasteiger partial charge in [0.05, 0.1) is 0 Å². The number of benzene rings is 9. The third kappa shape index (κ3) is 5.71. The van der Waals surface area contributed by atoms with E-state index in [0.29, 0.717) is 0 Å². The molecule has 1 heterocycles. The van der Waals surface area contributed by atoms with Gasteiger partial charge >= 0.3 is 0 Å². The first-order valence-electron chi connectivity index (χ1n) is 18.4. The van der Waals surface area contributed by atoms with Gasteiger partial charge in [0, 0.05) is 33.2 Å². The maximum atomic E-state index is 6.56. The number of rotatable bonds is 7. The topological polar surface area (TPSA) is 16.4 Å². The van der Waals surface area contributed by atoms with E-state index in [1.807, 2.05) is 0 Å². The SMILES string of the molecule is c1ccc(-c2ccc(N(c3ccc(-c4ccccc4)cc3)c3ccc(-c4ccc5oc6c7ccccc7c(-c7ccccc7)cc6c5c4)cc3)cc2)cc1. The van der Waals surface area contributed by atoms with Crippen molar-refractivity contribution in [2.45, 2.75) is 0 Å². The maximum absolute atomic E-state index is 6.56. The van der Waals surface area contributed by atoms with Crippen LogP contribution in [0, 0.1) is 0 Å². The summed E-state index contributed by atoms with van der Waals surface area (Å²) in [5.41, 5.74) is 14.6. The molecule has 54 heavy (non-hydrogen) atoms. The van der Waals surface area contributed by atoms with Crippen LogP contribution in [-0.2, 0) is 0 Å². The van der Waals surface area contributed by atoms with E-state index in [0.717, 1.165) is 55.5 Å². The fourth-order valence-electron chi connectivity index (χ4n) is 7.75. The molecule has 10 rings (SSSR count). The Balaban J connectivity index is 1.04. The molecule has 0 fully saturated rings. The standard InChI is InChI=1S/C52H35NO/c1-4-12-36(13-5-1)38-20-27-43(28-21-38)53(44-29-22-39(23-30-44)37-14-6-2-7-15-37)45-31-24-40(25-32-45)42-26-33-51-49(34-42)50-35-48(41-16-8-3-9-17-41)46-18-10-11-19-47(46)52(50)54-51/h1-35H. The van der Waals surface area contributed by atoms with E-state index in [-0.39, 0.29) is 0 Å². The summed E-state index contributed by atoms with van der Waals surface area (Å²) in [7, 11) is 0. The first kappa shape index (κ1) is 31.6. The van der Waals surface area contributed by atoms with Gasteiger partial charge in [-0.15, -0.1) is 0 Å². The number of nitrogens with zero attached hydrogens (tertiary/aromatic N) is 1. The van der Waals surface area contributed by atoms with Crippen molar-refractivity contribution >= 4 is 49.8 Å². The number of fused-ring (bicyclic) bond motifs is 5. The largest absolute Gasteiger partial charge is 0.455 e. The van der Waals surface area contributed by atoms with Gasteiger partial charge in [-0.2, -0.15) is 0 Å². The molecule has 0 atom stereocenters. The molecule has 0 aliphatic carbocycles. The van der Waals surface area contributed by atoms with Gasteiger partial charge in [-0.25, -0.2) is 0 Å². The van der Waals surface area contributed by atoms with Crippen molar-refractivity contribution in [3.05, 3.63) is 212 Å². The summed E-state index contributed by atoms with van der Waals surface area (Å²) in [4.78, 5) is 2.33. The summed E-state index contributed by atoms with van der Waals surface area (Å²) < 4.78 is 6.56. The van der Waals surface area contributed by atoms with E-state index in [4.69, 9.17) is 4.42 Å². The van der Waals surface area contributed by atoms with Crippen molar-refractivity contribution in [1.29, 1.82) is 0 Å².